The van der Waals surface area contributed by atoms with Crippen LogP contribution < -0.4 is 0 Å². The third-order valence-corrected chi connectivity index (χ3v) is 4.93. The fourth-order valence-electron chi connectivity index (χ4n) is 3.71. The molecule has 19 heavy (non-hydrogen) atoms. The fraction of sp³-hybridized carbons (Fsp3) is 0.875. The van der Waals surface area contributed by atoms with Gasteiger partial charge in [-0.15, -0.1) is 11.6 Å². The molecule has 2 nitrogen and oxygen atoms in total. The Morgan fingerprint density at radius 1 is 1.16 bits per heavy atom. The average molecular weight is 285 g/mol. The molecule has 2 rings (SSSR count). The normalized spacial score (nSPS) is 23.2. The van der Waals surface area contributed by atoms with Gasteiger partial charge in [-0.25, -0.2) is 0 Å². The molecule has 0 aromatic carbocycles. The van der Waals surface area contributed by atoms with Crippen LogP contribution in [-0.4, -0.2) is 41.5 Å². The van der Waals surface area contributed by atoms with E-state index in [0.717, 1.165) is 44.5 Å². The van der Waals surface area contributed by atoms with Crippen molar-refractivity contribution in [2.24, 2.45) is 0 Å². The number of nitrogens with zero attached hydrogens (tertiary/aromatic N) is 2. The fourth-order valence-corrected chi connectivity index (χ4v) is 3.94. The molecule has 2 aliphatic rings. The first-order chi connectivity index (χ1) is 9.30. The van der Waals surface area contributed by atoms with Crippen molar-refractivity contribution in [3.05, 3.63) is 11.3 Å². The molecular weight excluding hydrogens is 256 g/mol. The first-order valence-electron chi connectivity index (χ1n) is 8.06. The molecule has 0 N–H and O–H groups in total. The second kappa shape index (κ2) is 7.54. The van der Waals surface area contributed by atoms with E-state index in [1.807, 2.05) is 0 Å². The minimum Gasteiger partial charge on any atom is -0.362 e. The lowest BCUT2D eigenvalue weighted by Gasteiger charge is -2.44. The van der Waals surface area contributed by atoms with Crippen molar-refractivity contribution in [1.29, 1.82) is 0 Å². The predicted molar refractivity (Wildman–Crippen MR) is 83.5 cm³/mol. The van der Waals surface area contributed by atoms with Crippen LogP contribution in [0.1, 0.15) is 58.8 Å². The highest BCUT2D eigenvalue weighted by Crippen LogP contribution is 2.29. The molecule has 0 radical (unpaired) electrons. The van der Waals surface area contributed by atoms with E-state index >= 15 is 0 Å². The largest absolute Gasteiger partial charge is 0.362 e. The minimum atomic E-state index is 0.759. The molecular formula is C16H29ClN2. The van der Waals surface area contributed by atoms with Crippen molar-refractivity contribution in [3.63, 3.8) is 0 Å². The predicted octanol–water partition coefficient (Wildman–Crippen LogP) is 4.21. The Hall–Kier alpha value is -0.210. The van der Waals surface area contributed by atoms with E-state index in [2.05, 4.69) is 23.6 Å². The van der Waals surface area contributed by atoms with Crippen LogP contribution in [0.25, 0.3) is 0 Å². The molecule has 0 bridgehead atoms. The summed E-state index contributed by atoms with van der Waals surface area (Å²) in [5.74, 6) is 0.759. The summed E-state index contributed by atoms with van der Waals surface area (Å²) in [6, 6.07) is 0.812. The molecule has 0 saturated heterocycles. The molecule has 1 aliphatic carbocycles. The van der Waals surface area contributed by atoms with Gasteiger partial charge in [-0.1, -0.05) is 26.2 Å². The summed E-state index contributed by atoms with van der Waals surface area (Å²) in [7, 11) is 0. The van der Waals surface area contributed by atoms with Crippen LogP contribution in [0.5, 0.6) is 0 Å². The molecule has 110 valence electrons. The zero-order chi connectivity index (χ0) is 13.7. The summed E-state index contributed by atoms with van der Waals surface area (Å²) < 4.78 is 0. The van der Waals surface area contributed by atoms with Crippen molar-refractivity contribution >= 4 is 11.6 Å². The zero-order valence-electron chi connectivity index (χ0n) is 12.6. The Labute approximate surface area is 123 Å². The van der Waals surface area contributed by atoms with Crippen molar-refractivity contribution in [3.8, 4) is 0 Å². The lowest BCUT2D eigenvalue weighted by molar-refractivity contribution is 0.0839. The van der Waals surface area contributed by atoms with Gasteiger partial charge in [0.15, 0.2) is 0 Å². The smallest absolute Gasteiger partial charge is 0.0709 e. The molecule has 0 amide bonds. The molecule has 0 atom stereocenters. The third kappa shape index (κ3) is 3.66. The van der Waals surface area contributed by atoms with Gasteiger partial charge in [-0.05, 0) is 38.2 Å². The lowest BCUT2D eigenvalue weighted by atomic mass is 9.93. The van der Waals surface area contributed by atoms with Gasteiger partial charge < -0.3 is 4.90 Å². The molecule has 3 heteroatoms. The second-order valence-corrected chi connectivity index (χ2v) is 6.26. The number of hydrogen-bond acceptors (Lipinski definition) is 2. The van der Waals surface area contributed by atoms with Gasteiger partial charge in [0, 0.05) is 30.7 Å². The first-order valence-corrected chi connectivity index (χ1v) is 8.59. The molecule has 0 spiro atoms. The highest BCUT2D eigenvalue weighted by atomic mass is 35.5. The van der Waals surface area contributed by atoms with Crippen molar-refractivity contribution in [2.75, 3.05) is 25.6 Å². The number of alkyl halides is 1. The van der Waals surface area contributed by atoms with Gasteiger partial charge >= 0.3 is 0 Å². The summed E-state index contributed by atoms with van der Waals surface area (Å²) in [5.41, 5.74) is 3.16. The van der Waals surface area contributed by atoms with Crippen LogP contribution in [0.3, 0.4) is 0 Å². The van der Waals surface area contributed by atoms with Gasteiger partial charge in [0.1, 0.15) is 0 Å². The maximum atomic E-state index is 6.01. The molecule has 0 aromatic heterocycles. The minimum absolute atomic E-state index is 0.759. The van der Waals surface area contributed by atoms with Crippen LogP contribution in [-0.2, 0) is 0 Å². The van der Waals surface area contributed by atoms with Gasteiger partial charge in [0.25, 0.3) is 0 Å². The first kappa shape index (κ1) is 15.2. The van der Waals surface area contributed by atoms with Crippen molar-refractivity contribution < 1.29 is 0 Å². The molecule has 1 aliphatic heterocycles. The Bertz CT molecular complexity index is 308. The van der Waals surface area contributed by atoms with Crippen LogP contribution in [0, 0.1) is 0 Å². The van der Waals surface area contributed by atoms with Crippen LogP contribution in [0.15, 0.2) is 11.3 Å². The Morgan fingerprint density at radius 3 is 2.47 bits per heavy atom. The standard InChI is InChI=1S/C16H29ClN2/c1-3-16-14(10-11-17)12-19(13-18(16)4-2)15-8-6-5-7-9-15/h15H,3-13H2,1-2H3. The van der Waals surface area contributed by atoms with Gasteiger partial charge in [0.05, 0.1) is 6.67 Å². The quantitative estimate of drug-likeness (QED) is 0.698. The second-order valence-electron chi connectivity index (χ2n) is 5.88. The van der Waals surface area contributed by atoms with Gasteiger partial charge in [-0.2, -0.15) is 0 Å². The molecule has 0 unspecified atom stereocenters. The van der Waals surface area contributed by atoms with E-state index in [9.17, 15) is 0 Å². The molecule has 1 saturated carbocycles. The SMILES string of the molecule is CCC1=C(CCCl)CN(C2CCCCC2)CN1CC. The third-order valence-electron chi connectivity index (χ3n) is 4.74. The number of rotatable bonds is 5. The molecule has 0 aromatic rings. The van der Waals surface area contributed by atoms with Crippen LogP contribution in [0.4, 0.5) is 0 Å². The average Bonchev–Trinajstić information content (AvgIpc) is 2.47. The zero-order valence-corrected chi connectivity index (χ0v) is 13.4. The van der Waals surface area contributed by atoms with Crippen molar-refractivity contribution in [2.45, 2.75) is 64.8 Å². The Morgan fingerprint density at radius 2 is 1.89 bits per heavy atom. The lowest BCUT2D eigenvalue weighted by Crippen LogP contribution is -2.49. The maximum absolute atomic E-state index is 6.01. The summed E-state index contributed by atoms with van der Waals surface area (Å²) in [4.78, 5) is 5.28. The van der Waals surface area contributed by atoms with Crippen LogP contribution in [0.2, 0.25) is 0 Å². The summed E-state index contributed by atoms with van der Waals surface area (Å²) in [5, 5.41) is 0. The van der Waals surface area contributed by atoms with Crippen molar-refractivity contribution in [1.82, 2.24) is 9.80 Å². The number of allylic oxidation sites excluding steroid dienone is 1. The monoisotopic (exact) mass is 284 g/mol. The number of hydrogen-bond donors (Lipinski definition) is 0. The molecule has 1 fully saturated rings. The topological polar surface area (TPSA) is 6.48 Å². The van der Waals surface area contributed by atoms with E-state index in [1.54, 1.807) is 11.3 Å². The number of halogens is 1. The van der Waals surface area contributed by atoms with E-state index in [4.69, 9.17) is 11.6 Å². The summed E-state index contributed by atoms with van der Waals surface area (Å²) in [6.07, 6.45) is 9.28. The van der Waals surface area contributed by atoms with Crippen LogP contribution >= 0.6 is 11.6 Å². The highest BCUT2D eigenvalue weighted by molar-refractivity contribution is 6.18. The maximum Gasteiger partial charge on any atom is 0.0709 e. The van der Waals surface area contributed by atoms with E-state index in [1.165, 1.54) is 32.1 Å². The summed E-state index contributed by atoms with van der Waals surface area (Å²) in [6.45, 7) is 7.98. The van der Waals surface area contributed by atoms with Gasteiger partial charge in [0.2, 0.25) is 0 Å². The van der Waals surface area contributed by atoms with E-state index in [0.29, 0.717) is 0 Å². The van der Waals surface area contributed by atoms with E-state index in [-0.39, 0.29) is 0 Å². The Balaban J connectivity index is 2.10. The molecule has 1 heterocycles. The van der Waals surface area contributed by atoms with Gasteiger partial charge in [-0.3, -0.25) is 4.90 Å². The van der Waals surface area contributed by atoms with E-state index < -0.39 is 0 Å². The Kier molecular flexibility index (Phi) is 6.03. The highest BCUT2D eigenvalue weighted by Gasteiger charge is 2.28. The summed E-state index contributed by atoms with van der Waals surface area (Å²) >= 11 is 6.01.